The summed E-state index contributed by atoms with van der Waals surface area (Å²) in [5.41, 5.74) is 0.937. The predicted octanol–water partition coefficient (Wildman–Crippen LogP) is 2.17. The number of fused-ring (bicyclic) bond motifs is 1. The lowest BCUT2D eigenvalue weighted by Gasteiger charge is -2.35. The highest BCUT2D eigenvalue weighted by Gasteiger charge is 2.44. The highest BCUT2D eigenvalue weighted by molar-refractivity contribution is 5.94. The van der Waals surface area contributed by atoms with Gasteiger partial charge in [0.25, 0.3) is 5.91 Å². The summed E-state index contributed by atoms with van der Waals surface area (Å²) in [5, 5.41) is 10.7. The lowest BCUT2D eigenvalue weighted by molar-refractivity contribution is -0.0231. The lowest BCUT2D eigenvalue weighted by Crippen LogP contribution is -2.42. The molecule has 1 saturated heterocycles. The van der Waals surface area contributed by atoms with Gasteiger partial charge in [-0.25, -0.2) is 9.78 Å². The normalized spacial score (nSPS) is 24.9. The second kappa shape index (κ2) is 8.93. The number of aromatic nitrogens is 1. The van der Waals surface area contributed by atoms with Gasteiger partial charge in [0.1, 0.15) is 11.9 Å². The molecule has 1 aromatic carbocycles. The fourth-order valence-corrected chi connectivity index (χ4v) is 4.51. The quantitative estimate of drug-likeness (QED) is 0.732. The maximum absolute atomic E-state index is 12.9. The number of nitrogens with zero attached hydrogens (tertiary/aromatic N) is 2. The number of esters is 1. The smallest absolute Gasteiger partial charge is 0.337 e. The van der Waals surface area contributed by atoms with Crippen molar-refractivity contribution in [1.29, 1.82) is 0 Å². The van der Waals surface area contributed by atoms with E-state index in [1.54, 1.807) is 42.6 Å². The fourth-order valence-electron chi connectivity index (χ4n) is 4.51. The number of aliphatic hydroxyl groups is 1. The summed E-state index contributed by atoms with van der Waals surface area (Å²) in [6, 6.07) is 10.1. The SMILES string of the molecule is COC(=O)c1cccc(O[C@@H]2C[C@@H]3CN(C(=O)c4ccnc(OC)c4)C[C@@H]3C[C@H]2O)c1. The molecule has 1 N–H and O–H groups in total. The molecule has 4 rings (SSSR count). The van der Waals surface area contributed by atoms with E-state index < -0.39 is 18.2 Å². The molecule has 1 aliphatic carbocycles. The topological polar surface area (TPSA) is 98.2 Å². The summed E-state index contributed by atoms with van der Waals surface area (Å²) in [4.78, 5) is 30.6. The first-order valence-electron chi connectivity index (χ1n) is 10.3. The summed E-state index contributed by atoms with van der Waals surface area (Å²) in [5.74, 6) is 0.884. The number of amides is 1. The van der Waals surface area contributed by atoms with Crippen LogP contribution in [0.4, 0.5) is 0 Å². The number of hydrogen-bond donors (Lipinski definition) is 1. The van der Waals surface area contributed by atoms with Gasteiger partial charge in [0.2, 0.25) is 5.88 Å². The van der Waals surface area contributed by atoms with Crippen molar-refractivity contribution in [2.75, 3.05) is 27.3 Å². The molecule has 2 aliphatic rings. The fraction of sp³-hybridized carbons (Fsp3) is 0.435. The minimum absolute atomic E-state index is 0.0622. The van der Waals surface area contributed by atoms with Crippen LogP contribution in [-0.4, -0.2) is 66.4 Å². The maximum atomic E-state index is 12.9. The number of likely N-dealkylation sites (tertiary alicyclic amines) is 1. The van der Waals surface area contributed by atoms with E-state index in [0.717, 1.165) is 0 Å². The summed E-state index contributed by atoms with van der Waals surface area (Å²) in [7, 11) is 2.85. The van der Waals surface area contributed by atoms with E-state index in [4.69, 9.17) is 14.2 Å². The Bertz CT molecular complexity index is 965. The standard InChI is InChI=1S/C23H26N2O6/c1-29-21-11-14(6-7-24-21)22(27)25-12-16-9-19(26)20(10-17(16)13-25)31-18-5-3-4-15(8-18)23(28)30-2/h3-8,11,16-17,19-20,26H,9-10,12-13H2,1-2H3/t16-,17+,19+,20+/m0/s1. The van der Waals surface area contributed by atoms with E-state index in [2.05, 4.69) is 4.98 Å². The first-order chi connectivity index (χ1) is 15.0. The Kier molecular flexibility index (Phi) is 6.08. The van der Waals surface area contributed by atoms with Gasteiger partial charge in [-0.1, -0.05) is 6.07 Å². The van der Waals surface area contributed by atoms with Crippen molar-refractivity contribution >= 4 is 11.9 Å². The van der Waals surface area contributed by atoms with Crippen LogP contribution in [0.1, 0.15) is 33.6 Å². The van der Waals surface area contributed by atoms with Crippen molar-refractivity contribution in [3.05, 3.63) is 53.7 Å². The maximum Gasteiger partial charge on any atom is 0.337 e. The highest BCUT2D eigenvalue weighted by atomic mass is 16.5. The molecule has 1 saturated carbocycles. The molecule has 1 aromatic heterocycles. The number of aliphatic hydroxyl groups excluding tert-OH is 1. The van der Waals surface area contributed by atoms with Gasteiger partial charge >= 0.3 is 5.97 Å². The van der Waals surface area contributed by atoms with E-state index in [1.807, 2.05) is 4.90 Å². The van der Waals surface area contributed by atoms with Crippen LogP contribution < -0.4 is 9.47 Å². The molecule has 1 amide bonds. The van der Waals surface area contributed by atoms with E-state index >= 15 is 0 Å². The van der Waals surface area contributed by atoms with Crippen molar-refractivity contribution in [1.82, 2.24) is 9.88 Å². The van der Waals surface area contributed by atoms with Gasteiger partial charge in [0.15, 0.2) is 0 Å². The van der Waals surface area contributed by atoms with Crippen LogP contribution in [0.15, 0.2) is 42.6 Å². The Morgan fingerprint density at radius 1 is 1.06 bits per heavy atom. The van der Waals surface area contributed by atoms with Crippen molar-refractivity contribution in [2.24, 2.45) is 11.8 Å². The average Bonchev–Trinajstić information content (AvgIpc) is 3.21. The number of ether oxygens (including phenoxy) is 3. The second-order valence-electron chi connectivity index (χ2n) is 8.03. The van der Waals surface area contributed by atoms with Gasteiger partial charge in [0.05, 0.1) is 25.9 Å². The molecule has 164 valence electrons. The Balaban J connectivity index is 1.42. The molecule has 0 unspecified atom stereocenters. The first kappa shape index (κ1) is 21.1. The first-order valence-corrected chi connectivity index (χ1v) is 10.3. The van der Waals surface area contributed by atoms with Crippen molar-refractivity contribution in [2.45, 2.75) is 25.0 Å². The van der Waals surface area contributed by atoms with Crippen LogP contribution in [-0.2, 0) is 4.74 Å². The van der Waals surface area contributed by atoms with Crippen LogP contribution in [0.5, 0.6) is 11.6 Å². The third-order valence-electron chi connectivity index (χ3n) is 6.11. The molecule has 0 bridgehead atoms. The van der Waals surface area contributed by atoms with Gasteiger partial charge in [0, 0.05) is 30.9 Å². The number of methoxy groups -OCH3 is 2. The monoisotopic (exact) mass is 426 g/mol. The Labute approximate surface area is 180 Å². The lowest BCUT2D eigenvalue weighted by atomic mass is 9.78. The Morgan fingerprint density at radius 2 is 1.84 bits per heavy atom. The zero-order valence-electron chi connectivity index (χ0n) is 17.6. The molecule has 0 radical (unpaired) electrons. The molecule has 8 nitrogen and oxygen atoms in total. The van der Waals surface area contributed by atoms with Crippen LogP contribution in [0.25, 0.3) is 0 Å². The average molecular weight is 426 g/mol. The Morgan fingerprint density at radius 3 is 2.58 bits per heavy atom. The predicted molar refractivity (Wildman–Crippen MR) is 111 cm³/mol. The van der Waals surface area contributed by atoms with Gasteiger partial charge in [-0.15, -0.1) is 0 Å². The zero-order valence-corrected chi connectivity index (χ0v) is 17.6. The van der Waals surface area contributed by atoms with Crippen LogP contribution in [0, 0.1) is 11.8 Å². The third-order valence-corrected chi connectivity index (χ3v) is 6.11. The van der Waals surface area contributed by atoms with Gasteiger partial charge in [-0.2, -0.15) is 0 Å². The van der Waals surface area contributed by atoms with Gasteiger partial charge in [-0.05, 0) is 48.9 Å². The van der Waals surface area contributed by atoms with Crippen molar-refractivity contribution in [3.63, 3.8) is 0 Å². The molecular formula is C23H26N2O6. The summed E-state index contributed by atoms with van der Waals surface area (Å²) in [6.07, 6.45) is 1.72. The van der Waals surface area contributed by atoms with E-state index in [9.17, 15) is 14.7 Å². The molecular weight excluding hydrogens is 400 g/mol. The van der Waals surface area contributed by atoms with Crippen molar-refractivity contribution in [3.8, 4) is 11.6 Å². The molecule has 0 spiro atoms. The molecule has 31 heavy (non-hydrogen) atoms. The number of hydrogen-bond acceptors (Lipinski definition) is 7. The molecule has 2 aromatic rings. The Hall–Kier alpha value is -3.13. The van der Waals surface area contributed by atoms with Gasteiger partial charge in [-0.3, -0.25) is 4.79 Å². The van der Waals surface area contributed by atoms with E-state index in [0.29, 0.717) is 48.7 Å². The van der Waals surface area contributed by atoms with Crippen LogP contribution >= 0.6 is 0 Å². The minimum Gasteiger partial charge on any atom is -0.488 e. The summed E-state index contributed by atoms with van der Waals surface area (Å²) < 4.78 is 15.9. The highest BCUT2D eigenvalue weighted by Crippen LogP contribution is 2.38. The number of carbonyl (C=O) groups excluding carboxylic acids is 2. The van der Waals surface area contributed by atoms with Gasteiger partial charge < -0.3 is 24.2 Å². The largest absolute Gasteiger partial charge is 0.488 e. The molecule has 2 heterocycles. The second-order valence-corrected chi connectivity index (χ2v) is 8.03. The number of carbonyl (C=O) groups is 2. The van der Waals surface area contributed by atoms with Crippen LogP contribution in [0.3, 0.4) is 0 Å². The summed E-state index contributed by atoms with van der Waals surface area (Å²) >= 11 is 0. The molecule has 2 fully saturated rings. The number of rotatable bonds is 5. The van der Waals surface area contributed by atoms with E-state index in [-0.39, 0.29) is 17.7 Å². The van der Waals surface area contributed by atoms with E-state index in [1.165, 1.54) is 14.2 Å². The molecule has 8 heteroatoms. The minimum atomic E-state index is -0.640. The molecule has 1 aliphatic heterocycles. The zero-order chi connectivity index (χ0) is 22.0. The number of pyridine rings is 1. The number of benzene rings is 1. The molecule has 4 atom stereocenters. The van der Waals surface area contributed by atoms with Crippen molar-refractivity contribution < 1.29 is 28.9 Å². The van der Waals surface area contributed by atoms with Crippen LogP contribution in [0.2, 0.25) is 0 Å². The third kappa shape index (κ3) is 4.49. The summed E-state index contributed by atoms with van der Waals surface area (Å²) in [6.45, 7) is 1.22.